The van der Waals surface area contributed by atoms with Crippen LogP contribution in [0.4, 0.5) is 0 Å². The zero-order valence-corrected chi connectivity index (χ0v) is 9.68. The number of hydrogen-bond acceptors (Lipinski definition) is 4. The normalized spacial score (nSPS) is 10.4. The van der Waals surface area contributed by atoms with Gasteiger partial charge in [-0.1, -0.05) is 0 Å². The summed E-state index contributed by atoms with van der Waals surface area (Å²) >= 11 is 0. The molecule has 0 amide bonds. The van der Waals surface area contributed by atoms with E-state index in [0.717, 1.165) is 0 Å². The highest BCUT2D eigenvalue weighted by atomic mass is 16.5. The molecule has 0 bridgehead atoms. The van der Waals surface area contributed by atoms with E-state index in [4.69, 9.17) is 14.9 Å². The van der Waals surface area contributed by atoms with Gasteiger partial charge in [-0.2, -0.15) is 0 Å². The van der Waals surface area contributed by atoms with Gasteiger partial charge in [0, 0.05) is 12.0 Å². The number of ether oxygens (including phenoxy) is 1. The van der Waals surface area contributed by atoms with Crippen LogP contribution in [0.5, 0.6) is 0 Å². The van der Waals surface area contributed by atoms with E-state index in [1.807, 2.05) is 0 Å². The molecule has 0 aliphatic rings. The van der Waals surface area contributed by atoms with Crippen LogP contribution in [0.25, 0.3) is 0 Å². The number of esters is 1. The molecule has 94 valence electrons. The van der Waals surface area contributed by atoms with E-state index in [0.29, 0.717) is 0 Å². The van der Waals surface area contributed by atoms with Crippen molar-refractivity contribution in [1.82, 2.24) is 0 Å². The van der Waals surface area contributed by atoms with Crippen LogP contribution in [0.2, 0.25) is 0 Å². The minimum atomic E-state index is -0.985. The van der Waals surface area contributed by atoms with Gasteiger partial charge in [0.25, 0.3) is 0 Å². The first kappa shape index (κ1) is 15.2. The van der Waals surface area contributed by atoms with Crippen LogP contribution in [0.3, 0.4) is 0 Å². The van der Waals surface area contributed by atoms with E-state index in [2.05, 4.69) is 5.73 Å². The monoisotopic (exact) mass is 240 g/mol. The van der Waals surface area contributed by atoms with E-state index in [-0.39, 0.29) is 31.6 Å². The van der Waals surface area contributed by atoms with Crippen LogP contribution in [0.15, 0.2) is 29.5 Å². The lowest BCUT2D eigenvalue weighted by molar-refractivity contribution is -0.140. The van der Waals surface area contributed by atoms with Crippen molar-refractivity contribution in [2.75, 3.05) is 13.2 Å². The summed E-state index contributed by atoms with van der Waals surface area (Å²) in [6.07, 6.45) is 4.57. The molecule has 0 rings (SSSR count). The summed E-state index contributed by atoms with van der Waals surface area (Å²) < 4.78 is 4.71. The van der Waals surface area contributed by atoms with E-state index >= 15 is 0 Å². The number of carbonyl (C=O) groups excluding carboxylic acids is 1. The van der Waals surface area contributed by atoms with Crippen molar-refractivity contribution in [3.63, 3.8) is 0 Å². The zero-order chi connectivity index (χ0) is 13.1. The van der Waals surface area contributed by atoms with Crippen LogP contribution in [0, 0.1) is 0 Å². The third kappa shape index (κ3) is 8.02. The third-order valence-corrected chi connectivity index (χ3v) is 1.74. The molecule has 0 radical (unpaired) electrons. The fraction of sp³-hybridized carbons (Fsp3) is 0.417. The van der Waals surface area contributed by atoms with Gasteiger partial charge in [0.1, 0.15) is 6.61 Å². The molecule has 0 atom stereocenters. The molecule has 5 nitrogen and oxygen atoms in total. The standard InChI is InChI=1S/C12H16O5/c1-2-3-4-5-10(6-7-11(14)15)12(16)17-9-8-13/h2,4-5,13H,6-9H2,1H3,(H,14,15). The number of rotatable bonds is 7. The third-order valence-electron chi connectivity index (χ3n) is 1.74. The number of aliphatic hydroxyl groups excluding tert-OH is 1. The van der Waals surface area contributed by atoms with Crippen LogP contribution >= 0.6 is 0 Å². The largest absolute Gasteiger partial charge is 0.481 e. The molecule has 0 aliphatic carbocycles. The van der Waals surface area contributed by atoms with Gasteiger partial charge in [-0.05, 0) is 31.6 Å². The smallest absolute Gasteiger partial charge is 0.334 e. The van der Waals surface area contributed by atoms with Gasteiger partial charge in [-0.25, -0.2) is 4.79 Å². The molecule has 0 aromatic rings. The van der Waals surface area contributed by atoms with Crippen molar-refractivity contribution in [2.45, 2.75) is 19.8 Å². The zero-order valence-electron chi connectivity index (χ0n) is 9.68. The van der Waals surface area contributed by atoms with E-state index in [1.165, 1.54) is 12.2 Å². The van der Waals surface area contributed by atoms with Crippen molar-refractivity contribution in [3.05, 3.63) is 29.5 Å². The predicted molar refractivity (Wildman–Crippen MR) is 61.3 cm³/mol. The summed E-state index contributed by atoms with van der Waals surface area (Å²) in [7, 11) is 0. The Labute approximate surface area is 99.7 Å². The Morgan fingerprint density at radius 1 is 1.35 bits per heavy atom. The van der Waals surface area contributed by atoms with Crippen LogP contribution < -0.4 is 0 Å². The molecule has 0 aromatic carbocycles. The average Bonchev–Trinajstić information content (AvgIpc) is 2.30. The molecule has 5 heteroatoms. The SMILES string of the molecule is CC=C=CC=C(CCC(=O)O)C(=O)OCCO. The van der Waals surface area contributed by atoms with Gasteiger partial charge in [0.15, 0.2) is 0 Å². The molecular weight excluding hydrogens is 224 g/mol. The van der Waals surface area contributed by atoms with Gasteiger partial charge in [-0.15, -0.1) is 5.73 Å². The number of carboxylic acid groups (broad SMARTS) is 1. The lowest BCUT2D eigenvalue weighted by Crippen LogP contribution is -2.12. The van der Waals surface area contributed by atoms with Crippen molar-refractivity contribution >= 4 is 11.9 Å². The number of aliphatic carboxylic acids is 1. The Kier molecular flexibility index (Phi) is 8.37. The predicted octanol–water partition coefficient (Wildman–Crippen LogP) is 1.04. The average molecular weight is 240 g/mol. The van der Waals surface area contributed by atoms with Crippen molar-refractivity contribution in [3.8, 4) is 0 Å². The molecule has 0 fully saturated rings. The Morgan fingerprint density at radius 2 is 2.06 bits per heavy atom. The van der Waals surface area contributed by atoms with E-state index in [1.54, 1.807) is 13.0 Å². The highest BCUT2D eigenvalue weighted by Gasteiger charge is 2.11. The van der Waals surface area contributed by atoms with Crippen molar-refractivity contribution < 1.29 is 24.5 Å². The maximum Gasteiger partial charge on any atom is 0.334 e. The summed E-state index contributed by atoms with van der Waals surface area (Å²) in [5, 5.41) is 17.1. The first-order valence-electron chi connectivity index (χ1n) is 5.17. The second kappa shape index (κ2) is 9.39. The Balaban J connectivity index is 4.59. The van der Waals surface area contributed by atoms with E-state index < -0.39 is 11.9 Å². The van der Waals surface area contributed by atoms with Gasteiger partial charge < -0.3 is 14.9 Å². The number of carbonyl (C=O) groups is 2. The quantitative estimate of drug-likeness (QED) is 0.301. The molecular formula is C12H16O5. The first-order valence-corrected chi connectivity index (χ1v) is 5.17. The van der Waals surface area contributed by atoms with Crippen molar-refractivity contribution in [1.29, 1.82) is 0 Å². The lowest BCUT2D eigenvalue weighted by atomic mass is 10.1. The number of aliphatic hydroxyl groups is 1. The fourth-order valence-electron chi connectivity index (χ4n) is 0.971. The molecule has 0 saturated carbocycles. The Bertz CT molecular complexity index is 348. The van der Waals surface area contributed by atoms with Gasteiger partial charge in [-0.3, -0.25) is 4.79 Å². The van der Waals surface area contributed by atoms with Gasteiger partial charge in [0.05, 0.1) is 6.61 Å². The minimum absolute atomic E-state index is 0.0848. The summed E-state index contributed by atoms with van der Waals surface area (Å²) in [6.45, 7) is 1.41. The highest BCUT2D eigenvalue weighted by molar-refractivity contribution is 5.89. The van der Waals surface area contributed by atoms with Crippen LogP contribution in [0.1, 0.15) is 19.8 Å². The van der Waals surface area contributed by atoms with Crippen LogP contribution in [-0.2, 0) is 14.3 Å². The lowest BCUT2D eigenvalue weighted by Gasteiger charge is -2.05. The molecule has 2 N–H and O–H groups in total. The summed E-state index contributed by atoms with van der Waals surface area (Å²) in [5.41, 5.74) is 2.99. The number of carboxylic acids is 1. The molecule has 0 aromatic heterocycles. The molecule has 0 aliphatic heterocycles. The second-order valence-corrected chi connectivity index (χ2v) is 3.07. The summed E-state index contributed by atoms with van der Waals surface area (Å²) in [4.78, 5) is 21.9. The molecule has 0 spiro atoms. The topological polar surface area (TPSA) is 83.8 Å². The molecule has 0 unspecified atom stereocenters. The number of hydrogen-bond donors (Lipinski definition) is 2. The van der Waals surface area contributed by atoms with Gasteiger partial charge in [0.2, 0.25) is 0 Å². The Hall–Kier alpha value is -1.84. The van der Waals surface area contributed by atoms with E-state index in [9.17, 15) is 9.59 Å². The minimum Gasteiger partial charge on any atom is -0.481 e. The maximum absolute atomic E-state index is 11.5. The van der Waals surface area contributed by atoms with Gasteiger partial charge >= 0.3 is 11.9 Å². The molecule has 17 heavy (non-hydrogen) atoms. The second-order valence-electron chi connectivity index (χ2n) is 3.07. The number of allylic oxidation sites excluding steroid dienone is 2. The van der Waals surface area contributed by atoms with Crippen molar-refractivity contribution in [2.24, 2.45) is 0 Å². The highest BCUT2D eigenvalue weighted by Crippen LogP contribution is 2.08. The fourth-order valence-corrected chi connectivity index (χ4v) is 0.971. The van der Waals surface area contributed by atoms with Crippen LogP contribution in [-0.4, -0.2) is 35.4 Å². The summed E-state index contributed by atoms with van der Waals surface area (Å²) in [5.74, 6) is -1.60. The molecule has 0 heterocycles. The summed E-state index contributed by atoms with van der Waals surface area (Å²) in [6, 6.07) is 0. The Morgan fingerprint density at radius 3 is 2.59 bits per heavy atom. The maximum atomic E-state index is 11.5. The first-order chi connectivity index (χ1) is 8.11. The molecule has 0 saturated heterocycles.